The normalized spacial score (nSPS) is 14.3. The van der Waals surface area contributed by atoms with E-state index in [4.69, 9.17) is 11.6 Å². The van der Waals surface area contributed by atoms with Crippen LogP contribution in [0.3, 0.4) is 0 Å². The fourth-order valence-corrected chi connectivity index (χ4v) is 2.58. The van der Waals surface area contributed by atoms with Crippen LogP contribution in [0.4, 0.5) is 0 Å². The molecule has 1 aromatic carbocycles. The minimum atomic E-state index is 0.175. The van der Waals surface area contributed by atoms with Crippen LogP contribution >= 0.6 is 11.6 Å². The number of nitrogens with one attached hydrogen (secondary N) is 1. The second-order valence-electron chi connectivity index (χ2n) is 4.85. The van der Waals surface area contributed by atoms with Crippen molar-refractivity contribution in [3.8, 4) is 0 Å². The molecule has 1 aromatic heterocycles. The van der Waals surface area contributed by atoms with E-state index in [0.29, 0.717) is 18.0 Å². The van der Waals surface area contributed by atoms with Gasteiger partial charge in [0.1, 0.15) is 0 Å². The number of benzene rings is 1. The van der Waals surface area contributed by atoms with Gasteiger partial charge in [-0.1, -0.05) is 23.7 Å². The lowest BCUT2D eigenvalue weighted by Crippen LogP contribution is -2.36. The maximum atomic E-state index is 12.3. The average molecular weight is 275 g/mol. The summed E-state index contributed by atoms with van der Waals surface area (Å²) in [7, 11) is 0. The predicted octanol–water partition coefficient (Wildman–Crippen LogP) is 2.80. The van der Waals surface area contributed by atoms with E-state index in [1.807, 2.05) is 35.4 Å². The molecule has 2 aromatic rings. The molecule has 0 saturated heterocycles. The lowest BCUT2D eigenvalue weighted by molar-refractivity contribution is -0.131. The summed E-state index contributed by atoms with van der Waals surface area (Å²) in [5, 5.41) is 0.700. The molecule has 19 heavy (non-hydrogen) atoms. The molecular formula is C15H15ClN2O. The number of aromatic nitrogens is 1. The van der Waals surface area contributed by atoms with E-state index >= 15 is 0 Å². The lowest BCUT2D eigenvalue weighted by Gasteiger charge is -2.27. The first kappa shape index (κ1) is 12.3. The molecule has 0 atom stereocenters. The van der Waals surface area contributed by atoms with Crippen LogP contribution in [0.15, 0.2) is 36.5 Å². The molecule has 4 heteroatoms. The number of H-pyrrole nitrogens is 1. The Balaban J connectivity index is 1.67. The number of carbonyl (C=O) groups excluding carboxylic acids is 1. The summed E-state index contributed by atoms with van der Waals surface area (Å²) in [4.78, 5) is 17.4. The molecule has 98 valence electrons. The van der Waals surface area contributed by atoms with Gasteiger partial charge < -0.3 is 9.88 Å². The molecule has 3 nitrogen and oxygen atoms in total. The maximum Gasteiger partial charge on any atom is 0.227 e. The highest BCUT2D eigenvalue weighted by Crippen LogP contribution is 2.18. The van der Waals surface area contributed by atoms with Crippen molar-refractivity contribution >= 4 is 17.5 Å². The third-order valence-corrected chi connectivity index (χ3v) is 3.80. The van der Waals surface area contributed by atoms with Gasteiger partial charge in [0.2, 0.25) is 5.91 Å². The Morgan fingerprint density at radius 3 is 2.84 bits per heavy atom. The van der Waals surface area contributed by atoms with Gasteiger partial charge in [0.05, 0.1) is 6.42 Å². The van der Waals surface area contributed by atoms with Gasteiger partial charge in [0.25, 0.3) is 0 Å². The first-order chi connectivity index (χ1) is 9.22. The minimum Gasteiger partial charge on any atom is -0.365 e. The first-order valence-electron chi connectivity index (χ1n) is 6.40. The molecule has 0 radical (unpaired) electrons. The molecule has 2 heterocycles. The zero-order valence-corrected chi connectivity index (χ0v) is 11.3. The van der Waals surface area contributed by atoms with E-state index in [1.165, 1.54) is 11.3 Å². The van der Waals surface area contributed by atoms with Crippen molar-refractivity contribution in [1.82, 2.24) is 9.88 Å². The van der Waals surface area contributed by atoms with Crippen LogP contribution in [0.1, 0.15) is 16.8 Å². The quantitative estimate of drug-likeness (QED) is 0.898. The third kappa shape index (κ3) is 2.66. The van der Waals surface area contributed by atoms with Crippen molar-refractivity contribution in [3.63, 3.8) is 0 Å². The van der Waals surface area contributed by atoms with Crippen LogP contribution in [0.5, 0.6) is 0 Å². The van der Waals surface area contributed by atoms with Gasteiger partial charge in [-0.3, -0.25) is 4.79 Å². The molecule has 0 spiro atoms. The molecule has 1 aliphatic heterocycles. The molecule has 1 N–H and O–H groups in total. The molecule has 0 bridgehead atoms. The summed E-state index contributed by atoms with van der Waals surface area (Å²) in [6, 6.07) is 9.52. The molecule has 1 aliphatic rings. The Morgan fingerprint density at radius 1 is 1.26 bits per heavy atom. The van der Waals surface area contributed by atoms with Crippen molar-refractivity contribution < 1.29 is 4.79 Å². The molecule has 0 aliphatic carbocycles. The van der Waals surface area contributed by atoms with Gasteiger partial charge >= 0.3 is 0 Å². The number of aromatic amines is 1. The largest absolute Gasteiger partial charge is 0.365 e. The second-order valence-corrected chi connectivity index (χ2v) is 5.29. The number of nitrogens with zero attached hydrogens (tertiary/aromatic N) is 1. The standard InChI is InChI=1S/C15H15ClN2O/c16-13-3-1-11(2-4-13)9-15(19)18-8-6-14-12(10-18)5-7-17-14/h1-5,7,17H,6,8-10H2. The van der Waals surface area contributed by atoms with Crippen molar-refractivity contribution in [1.29, 1.82) is 0 Å². The summed E-state index contributed by atoms with van der Waals surface area (Å²) in [5.41, 5.74) is 3.50. The number of rotatable bonds is 2. The van der Waals surface area contributed by atoms with Gasteiger partial charge in [0, 0.05) is 36.4 Å². The fraction of sp³-hybridized carbons (Fsp3) is 0.267. The molecular weight excluding hydrogens is 260 g/mol. The van der Waals surface area contributed by atoms with Gasteiger partial charge in [-0.05, 0) is 29.3 Å². The van der Waals surface area contributed by atoms with E-state index in [0.717, 1.165) is 18.5 Å². The maximum absolute atomic E-state index is 12.3. The third-order valence-electron chi connectivity index (χ3n) is 3.54. The molecule has 0 fully saturated rings. The number of halogens is 1. The molecule has 0 unspecified atom stereocenters. The van der Waals surface area contributed by atoms with Crippen LogP contribution in [0.2, 0.25) is 5.02 Å². The number of amides is 1. The van der Waals surface area contributed by atoms with Crippen LogP contribution in [0.25, 0.3) is 0 Å². The smallest absolute Gasteiger partial charge is 0.227 e. The fourth-order valence-electron chi connectivity index (χ4n) is 2.45. The number of fused-ring (bicyclic) bond motifs is 1. The minimum absolute atomic E-state index is 0.175. The first-order valence-corrected chi connectivity index (χ1v) is 6.77. The SMILES string of the molecule is O=C(Cc1ccc(Cl)cc1)N1CCc2[nH]ccc2C1. The Morgan fingerprint density at radius 2 is 2.05 bits per heavy atom. The summed E-state index contributed by atoms with van der Waals surface area (Å²) < 4.78 is 0. The van der Waals surface area contributed by atoms with E-state index in [2.05, 4.69) is 11.1 Å². The Bertz CT molecular complexity index is 588. The van der Waals surface area contributed by atoms with Crippen LogP contribution < -0.4 is 0 Å². The van der Waals surface area contributed by atoms with E-state index in [-0.39, 0.29) is 5.91 Å². The van der Waals surface area contributed by atoms with E-state index in [9.17, 15) is 4.79 Å². The topological polar surface area (TPSA) is 36.1 Å². The van der Waals surface area contributed by atoms with Gasteiger partial charge in [-0.2, -0.15) is 0 Å². The van der Waals surface area contributed by atoms with Crippen molar-refractivity contribution in [2.75, 3.05) is 6.54 Å². The van der Waals surface area contributed by atoms with Gasteiger partial charge in [0.15, 0.2) is 0 Å². The zero-order chi connectivity index (χ0) is 13.2. The highest BCUT2D eigenvalue weighted by Gasteiger charge is 2.21. The van der Waals surface area contributed by atoms with Crippen molar-refractivity contribution in [3.05, 3.63) is 58.4 Å². The second kappa shape index (κ2) is 5.10. The molecule has 0 saturated carbocycles. The monoisotopic (exact) mass is 274 g/mol. The summed E-state index contributed by atoms with van der Waals surface area (Å²) in [6.45, 7) is 1.51. The van der Waals surface area contributed by atoms with Crippen LogP contribution in [-0.4, -0.2) is 22.3 Å². The Labute approximate surface area is 117 Å². The highest BCUT2D eigenvalue weighted by molar-refractivity contribution is 6.30. The zero-order valence-electron chi connectivity index (χ0n) is 10.5. The average Bonchev–Trinajstić information content (AvgIpc) is 2.88. The van der Waals surface area contributed by atoms with Crippen LogP contribution in [0, 0.1) is 0 Å². The Hall–Kier alpha value is -1.74. The number of hydrogen-bond donors (Lipinski definition) is 1. The van der Waals surface area contributed by atoms with E-state index in [1.54, 1.807) is 0 Å². The predicted molar refractivity (Wildman–Crippen MR) is 75.1 cm³/mol. The molecule has 1 amide bonds. The molecule has 3 rings (SSSR count). The summed E-state index contributed by atoms with van der Waals surface area (Å²) in [6.07, 6.45) is 3.30. The highest BCUT2D eigenvalue weighted by atomic mass is 35.5. The van der Waals surface area contributed by atoms with Crippen LogP contribution in [-0.2, 0) is 24.2 Å². The van der Waals surface area contributed by atoms with Gasteiger partial charge in [-0.25, -0.2) is 0 Å². The number of carbonyl (C=O) groups is 1. The lowest BCUT2D eigenvalue weighted by atomic mass is 10.1. The van der Waals surface area contributed by atoms with Gasteiger partial charge in [-0.15, -0.1) is 0 Å². The summed E-state index contributed by atoms with van der Waals surface area (Å²) >= 11 is 5.84. The van der Waals surface area contributed by atoms with Crippen molar-refractivity contribution in [2.45, 2.75) is 19.4 Å². The summed E-state index contributed by atoms with van der Waals surface area (Å²) in [5.74, 6) is 0.175. The van der Waals surface area contributed by atoms with E-state index < -0.39 is 0 Å². The van der Waals surface area contributed by atoms with Crippen molar-refractivity contribution in [2.24, 2.45) is 0 Å². The number of hydrogen-bond acceptors (Lipinski definition) is 1. The Kier molecular flexibility index (Phi) is 3.30.